The lowest BCUT2D eigenvalue weighted by atomic mass is 10.0. The molecule has 3 rings (SSSR count). The number of halogens is 3. The number of aryl methyl sites for hydroxylation is 1. The first-order valence-corrected chi connectivity index (χ1v) is 13.7. The first-order valence-electron chi connectivity index (χ1n) is 10.7. The Morgan fingerprint density at radius 1 is 1.17 bits per heavy atom. The molecule has 3 aromatic rings. The topological polar surface area (TPSA) is 134 Å². The molecule has 1 amide bonds. The predicted octanol–water partition coefficient (Wildman–Crippen LogP) is 2.73. The number of carbonyl (C=O) groups excluding carboxylic acids is 1. The second-order valence-electron chi connectivity index (χ2n) is 8.19. The van der Waals surface area contributed by atoms with Gasteiger partial charge in [-0.05, 0) is 71.3 Å². The van der Waals surface area contributed by atoms with Gasteiger partial charge in [0.05, 0.1) is 18.4 Å². The molecule has 0 radical (unpaired) electrons. The first kappa shape index (κ1) is 28.0. The van der Waals surface area contributed by atoms with Crippen molar-refractivity contribution in [2.24, 2.45) is 0 Å². The maximum absolute atomic E-state index is 13.7. The molecule has 2 aromatic carbocycles. The Hall–Kier alpha value is -2.62. The second-order valence-corrected chi connectivity index (χ2v) is 11.2. The Morgan fingerprint density at radius 2 is 1.86 bits per heavy atom. The summed E-state index contributed by atoms with van der Waals surface area (Å²) in [5, 5.41) is 16.5. The Balaban J connectivity index is 1.75. The van der Waals surface area contributed by atoms with Gasteiger partial charge in [0.1, 0.15) is 17.4 Å². The lowest BCUT2D eigenvalue weighted by molar-refractivity contribution is 0.0797. The van der Waals surface area contributed by atoms with Crippen LogP contribution in [-0.4, -0.2) is 49.4 Å². The third-order valence-electron chi connectivity index (χ3n) is 5.00. The summed E-state index contributed by atoms with van der Waals surface area (Å²) in [5.41, 5.74) is 1.21. The van der Waals surface area contributed by atoms with Gasteiger partial charge in [0.25, 0.3) is 5.89 Å². The van der Waals surface area contributed by atoms with Crippen LogP contribution in [0.25, 0.3) is 0 Å². The Bertz CT molecular complexity index is 1320. The minimum atomic E-state index is -3.66. The molecule has 1 aromatic heterocycles. The highest BCUT2D eigenvalue weighted by molar-refractivity contribution is 14.1. The summed E-state index contributed by atoms with van der Waals surface area (Å²) in [4.78, 5) is 16.7. The number of nitrogens with zero attached hydrogens (tertiary/aromatic N) is 1. The van der Waals surface area contributed by atoms with Crippen molar-refractivity contribution in [3.63, 3.8) is 0 Å². The number of hydrogen-bond donors (Lipinski definition) is 4. The number of aromatic nitrogens is 1. The fraction of sp³-hybridized carbons (Fsp3) is 0.304. The summed E-state index contributed by atoms with van der Waals surface area (Å²) in [6, 6.07) is 9.70. The molecule has 0 fully saturated rings. The molecule has 0 aliphatic carbocycles. The maximum Gasteiger partial charge on any atom is 0.307 e. The van der Waals surface area contributed by atoms with E-state index in [1.807, 2.05) is 24.3 Å². The van der Waals surface area contributed by atoms with Crippen molar-refractivity contribution in [2.45, 2.75) is 32.0 Å². The van der Waals surface area contributed by atoms with Crippen LogP contribution in [-0.2, 0) is 23.0 Å². The normalized spacial score (nSPS) is 13.3. The monoisotopic (exact) mass is 634 g/mol. The minimum Gasteiger partial charge on any atom is -0.435 e. The summed E-state index contributed by atoms with van der Waals surface area (Å²) < 4.78 is 58.9. The van der Waals surface area contributed by atoms with Gasteiger partial charge < -0.3 is 20.2 Å². The fourth-order valence-corrected chi connectivity index (χ4v) is 4.56. The number of aliphatic hydroxyl groups is 1. The number of carbonyl (C=O) groups is 1. The fourth-order valence-electron chi connectivity index (χ4n) is 3.41. The zero-order valence-electron chi connectivity index (χ0n) is 19.4. The minimum absolute atomic E-state index is 0.0553. The number of sulfonamides is 1. The largest absolute Gasteiger partial charge is 0.435 e. The summed E-state index contributed by atoms with van der Waals surface area (Å²) in [5.74, 6) is -2.94. The molecule has 0 spiro atoms. The third-order valence-corrected chi connectivity index (χ3v) is 6.24. The number of rotatable bonds is 11. The van der Waals surface area contributed by atoms with Crippen LogP contribution in [0.4, 0.5) is 14.6 Å². The quantitative estimate of drug-likeness (QED) is 0.239. The Kier molecular flexibility index (Phi) is 9.38. The highest BCUT2D eigenvalue weighted by atomic mass is 127. The van der Waals surface area contributed by atoms with Gasteiger partial charge in [0.2, 0.25) is 10.0 Å². The van der Waals surface area contributed by atoms with Crippen LogP contribution in [0.2, 0.25) is 0 Å². The van der Waals surface area contributed by atoms with E-state index in [1.165, 1.54) is 6.92 Å². The van der Waals surface area contributed by atoms with Crippen molar-refractivity contribution >= 4 is 44.3 Å². The van der Waals surface area contributed by atoms with Crippen molar-refractivity contribution < 1.29 is 31.5 Å². The van der Waals surface area contributed by atoms with Crippen LogP contribution in [0.1, 0.15) is 27.6 Å². The molecule has 0 aliphatic heterocycles. The van der Waals surface area contributed by atoms with Gasteiger partial charge in [-0.2, -0.15) is 4.98 Å². The lowest BCUT2D eigenvalue weighted by Crippen LogP contribution is -2.48. The molecule has 0 saturated heterocycles. The van der Waals surface area contributed by atoms with Crippen LogP contribution in [0.15, 0.2) is 46.9 Å². The molecule has 13 heteroatoms. The van der Waals surface area contributed by atoms with Crippen molar-refractivity contribution in [3.05, 3.63) is 80.4 Å². The smallest absolute Gasteiger partial charge is 0.307 e. The Morgan fingerprint density at radius 3 is 2.50 bits per heavy atom. The standard InChI is InChI=1S/C23H25F2IN4O5S/c1-13-21(30-36(2,33)34)29-23(35-13)22(32)28-19(9-15-6-16(24)10-17(25)7-15)20(31)12-27-11-14-4-3-5-18(26)8-14/h3-8,10,19-20,27,30-31H,9,11-12H2,1-2H3,(H,28,32)/t19-,20-/m0/s1. The number of nitrogens with one attached hydrogen (secondary N) is 3. The van der Waals surface area contributed by atoms with Crippen molar-refractivity contribution in [2.75, 3.05) is 17.5 Å². The molecule has 4 N–H and O–H groups in total. The molecule has 1 heterocycles. The van der Waals surface area contributed by atoms with E-state index < -0.39 is 45.6 Å². The Labute approximate surface area is 220 Å². The van der Waals surface area contributed by atoms with Gasteiger partial charge in [0.15, 0.2) is 5.82 Å². The van der Waals surface area contributed by atoms with E-state index in [-0.39, 0.29) is 30.1 Å². The van der Waals surface area contributed by atoms with Gasteiger partial charge in [-0.3, -0.25) is 9.52 Å². The molecule has 194 valence electrons. The second kappa shape index (κ2) is 12.1. The van der Waals surface area contributed by atoms with Crippen LogP contribution >= 0.6 is 22.6 Å². The lowest BCUT2D eigenvalue weighted by Gasteiger charge is -2.24. The summed E-state index contributed by atoms with van der Waals surface area (Å²) >= 11 is 2.19. The molecule has 2 atom stereocenters. The summed E-state index contributed by atoms with van der Waals surface area (Å²) in [6.07, 6.45) is -0.331. The molecular weight excluding hydrogens is 609 g/mol. The average Bonchev–Trinajstić information content (AvgIpc) is 3.11. The van der Waals surface area contributed by atoms with Crippen molar-refractivity contribution in [1.29, 1.82) is 0 Å². The zero-order chi connectivity index (χ0) is 26.5. The van der Waals surface area contributed by atoms with Crippen molar-refractivity contribution in [3.8, 4) is 0 Å². The van der Waals surface area contributed by atoms with E-state index in [0.717, 1.165) is 33.6 Å². The molecule has 9 nitrogen and oxygen atoms in total. The van der Waals surface area contributed by atoms with E-state index in [9.17, 15) is 27.1 Å². The number of oxazole rings is 1. The highest BCUT2D eigenvalue weighted by Crippen LogP contribution is 2.18. The first-order chi connectivity index (χ1) is 16.9. The van der Waals surface area contributed by atoms with Crippen LogP contribution in [0.3, 0.4) is 0 Å². The van der Waals surface area contributed by atoms with E-state index in [4.69, 9.17) is 4.42 Å². The molecule has 36 heavy (non-hydrogen) atoms. The van der Waals surface area contributed by atoms with Gasteiger partial charge >= 0.3 is 5.91 Å². The van der Waals surface area contributed by atoms with E-state index in [0.29, 0.717) is 6.54 Å². The zero-order valence-corrected chi connectivity index (χ0v) is 22.4. The van der Waals surface area contributed by atoms with Crippen LogP contribution in [0, 0.1) is 22.1 Å². The molecule has 0 aliphatic rings. The third kappa shape index (κ3) is 8.50. The number of hydrogen-bond acceptors (Lipinski definition) is 7. The number of amides is 1. The van der Waals surface area contributed by atoms with Gasteiger partial charge in [0, 0.05) is 22.7 Å². The van der Waals surface area contributed by atoms with Crippen molar-refractivity contribution in [1.82, 2.24) is 15.6 Å². The molecule has 0 unspecified atom stereocenters. The maximum atomic E-state index is 13.7. The SMILES string of the molecule is Cc1oc(C(=O)N[C@@H](Cc2cc(F)cc(F)c2)[C@@H](O)CNCc2cccc(I)c2)nc1NS(C)(=O)=O. The van der Waals surface area contributed by atoms with Crippen LogP contribution < -0.4 is 15.4 Å². The van der Waals surface area contributed by atoms with Gasteiger partial charge in [-0.25, -0.2) is 17.2 Å². The van der Waals surface area contributed by atoms with Gasteiger partial charge in [-0.1, -0.05) is 12.1 Å². The predicted molar refractivity (Wildman–Crippen MR) is 138 cm³/mol. The van der Waals surface area contributed by atoms with E-state index >= 15 is 0 Å². The van der Waals surface area contributed by atoms with Crippen LogP contribution in [0.5, 0.6) is 0 Å². The summed E-state index contributed by atoms with van der Waals surface area (Å²) in [7, 11) is -3.66. The van der Waals surface area contributed by atoms with E-state index in [1.54, 1.807) is 0 Å². The number of aliphatic hydroxyl groups excluding tert-OH is 1. The number of anilines is 1. The average molecular weight is 634 g/mol. The number of benzene rings is 2. The molecule has 0 bridgehead atoms. The molecular formula is C23H25F2IN4O5S. The highest BCUT2D eigenvalue weighted by Gasteiger charge is 2.26. The van der Waals surface area contributed by atoms with Gasteiger partial charge in [-0.15, -0.1) is 0 Å². The van der Waals surface area contributed by atoms with E-state index in [2.05, 4.69) is 42.9 Å². The summed E-state index contributed by atoms with van der Waals surface area (Å²) in [6.45, 7) is 1.93. The molecule has 0 saturated carbocycles.